The van der Waals surface area contributed by atoms with Crippen LogP contribution < -0.4 is 0 Å². The van der Waals surface area contributed by atoms with E-state index in [0.717, 1.165) is 64.2 Å². The average Bonchev–Trinajstić information content (AvgIpc) is 3.05. The van der Waals surface area contributed by atoms with Gasteiger partial charge in [-0.3, -0.25) is 18.6 Å². The molecule has 276 valence electrons. The van der Waals surface area contributed by atoms with E-state index in [1.807, 2.05) is 0 Å². The molecule has 0 amide bonds. The molecule has 0 bridgehead atoms. The number of carbonyl (C=O) groups is 2. The minimum Gasteiger partial charge on any atom is -0.462 e. The summed E-state index contributed by atoms with van der Waals surface area (Å²) in [7, 11) is -4.61. The van der Waals surface area contributed by atoms with Crippen LogP contribution in [0.1, 0.15) is 155 Å². The van der Waals surface area contributed by atoms with Crippen molar-refractivity contribution in [1.82, 2.24) is 0 Å². The van der Waals surface area contributed by atoms with Gasteiger partial charge in [-0.05, 0) is 38.5 Å². The molecule has 0 fully saturated rings. The number of aliphatic hydroxyl groups excluding tert-OH is 2. The van der Waals surface area contributed by atoms with Crippen molar-refractivity contribution in [3.8, 4) is 0 Å². The molecule has 3 unspecified atom stereocenters. The zero-order chi connectivity index (χ0) is 34.9. The minimum atomic E-state index is -4.61. The molecule has 0 aliphatic carbocycles. The number of hydrogen-bond acceptors (Lipinski definition) is 9. The summed E-state index contributed by atoms with van der Waals surface area (Å²) in [5.41, 5.74) is 0. The number of phosphoric ester groups is 1. The fourth-order valence-corrected chi connectivity index (χ4v) is 5.50. The molecule has 3 N–H and O–H groups in total. The smallest absolute Gasteiger partial charge is 0.462 e. The molecule has 10 nitrogen and oxygen atoms in total. The summed E-state index contributed by atoms with van der Waals surface area (Å²) in [4.78, 5) is 34.7. The van der Waals surface area contributed by atoms with Gasteiger partial charge in [-0.25, -0.2) is 4.57 Å². The van der Waals surface area contributed by atoms with Gasteiger partial charge in [0.2, 0.25) is 0 Å². The van der Waals surface area contributed by atoms with Crippen LogP contribution in [0.5, 0.6) is 0 Å². The predicted molar refractivity (Wildman–Crippen MR) is 187 cm³/mol. The summed E-state index contributed by atoms with van der Waals surface area (Å²) in [6.07, 6.45) is 28.6. The number of phosphoric acid groups is 1. The SMILES string of the molecule is CCCC/C=C\C/C=C\CCCCCCCC(=O)OC(COC(=O)CCCCCCCCCCCC)COP(=O)(O)OCC(O)CO. The first kappa shape index (κ1) is 45.5. The van der Waals surface area contributed by atoms with Gasteiger partial charge in [0.25, 0.3) is 0 Å². The predicted octanol–water partition coefficient (Wildman–Crippen LogP) is 8.66. The Labute approximate surface area is 285 Å². The van der Waals surface area contributed by atoms with Crippen molar-refractivity contribution in [2.24, 2.45) is 0 Å². The van der Waals surface area contributed by atoms with Gasteiger partial charge in [0.15, 0.2) is 6.10 Å². The molecule has 0 aromatic heterocycles. The zero-order valence-corrected chi connectivity index (χ0v) is 30.4. The van der Waals surface area contributed by atoms with Crippen LogP contribution in [0.4, 0.5) is 0 Å². The standard InChI is InChI=1S/C36H67O10P/c1-3-5-7-9-11-13-15-16-17-18-20-22-24-26-28-36(40)46-34(32-45-47(41,42)44-30-33(38)29-37)31-43-35(39)27-25-23-21-19-14-12-10-8-6-4-2/h9,11,15-16,33-34,37-38H,3-8,10,12-14,17-32H2,1-2H3,(H,41,42)/b11-9-,16-15-. The second kappa shape index (κ2) is 33.0. The first-order valence-corrected chi connectivity index (χ1v) is 19.8. The Morgan fingerprint density at radius 2 is 1.13 bits per heavy atom. The molecule has 0 aromatic rings. The quantitative estimate of drug-likeness (QED) is 0.0259. The highest BCUT2D eigenvalue weighted by atomic mass is 31.2. The summed E-state index contributed by atoms with van der Waals surface area (Å²) in [5, 5.41) is 18.2. The van der Waals surface area contributed by atoms with Gasteiger partial charge in [0, 0.05) is 12.8 Å². The number of esters is 2. The average molecular weight is 691 g/mol. The molecule has 0 aliphatic rings. The van der Waals surface area contributed by atoms with Gasteiger partial charge in [-0.1, -0.05) is 128 Å². The van der Waals surface area contributed by atoms with Crippen LogP contribution in [0.3, 0.4) is 0 Å². The second-order valence-electron chi connectivity index (χ2n) is 12.3. The van der Waals surface area contributed by atoms with Gasteiger partial charge >= 0.3 is 19.8 Å². The van der Waals surface area contributed by atoms with Gasteiger partial charge in [0.05, 0.1) is 19.8 Å². The summed E-state index contributed by atoms with van der Waals surface area (Å²) in [6, 6.07) is 0. The Bertz CT molecular complexity index is 848. The van der Waals surface area contributed by atoms with E-state index < -0.39 is 51.8 Å². The third-order valence-electron chi connectivity index (χ3n) is 7.61. The Hall–Kier alpha value is -1.55. The summed E-state index contributed by atoms with van der Waals surface area (Å²) >= 11 is 0. The lowest BCUT2D eigenvalue weighted by atomic mass is 10.1. The van der Waals surface area contributed by atoms with E-state index in [1.165, 1.54) is 51.4 Å². The van der Waals surface area contributed by atoms with Crippen LogP contribution in [-0.2, 0) is 32.7 Å². The maximum atomic E-state index is 12.5. The molecule has 0 rings (SSSR count). The van der Waals surface area contributed by atoms with Crippen molar-refractivity contribution in [3.05, 3.63) is 24.3 Å². The fraction of sp³-hybridized carbons (Fsp3) is 0.833. The Kier molecular flexibility index (Phi) is 31.9. The van der Waals surface area contributed by atoms with Gasteiger partial charge in [-0.15, -0.1) is 0 Å². The highest BCUT2D eigenvalue weighted by Crippen LogP contribution is 2.43. The molecule has 0 heterocycles. The third kappa shape index (κ3) is 32.8. The van der Waals surface area contributed by atoms with Crippen LogP contribution in [0.2, 0.25) is 0 Å². The molecule has 11 heteroatoms. The van der Waals surface area contributed by atoms with Crippen molar-refractivity contribution in [2.45, 2.75) is 167 Å². The van der Waals surface area contributed by atoms with Gasteiger partial charge in [0.1, 0.15) is 12.7 Å². The van der Waals surface area contributed by atoms with Gasteiger partial charge in [-0.2, -0.15) is 0 Å². The second-order valence-corrected chi connectivity index (χ2v) is 13.7. The zero-order valence-electron chi connectivity index (χ0n) is 29.5. The highest BCUT2D eigenvalue weighted by molar-refractivity contribution is 7.47. The van der Waals surface area contributed by atoms with Crippen LogP contribution in [-0.4, -0.2) is 65.7 Å². The van der Waals surface area contributed by atoms with E-state index in [0.29, 0.717) is 12.8 Å². The molecule has 0 aliphatic heterocycles. The van der Waals surface area contributed by atoms with E-state index >= 15 is 0 Å². The lowest BCUT2D eigenvalue weighted by Crippen LogP contribution is -2.29. The van der Waals surface area contributed by atoms with Crippen LogP contribution >= 0.6 is 7.82 Å². The first-order valence-electron chi connectivity index (χ1n) is 18.3. The van der Waals surface area contributed by atoms with E-state index in [9.17, 15) is 24.2 Å². The molecule has 0 spiro atoms. The highest BCUT2D eigenvalue weighted by Gasteiger charge is 2.27. The molecule has 0 saturated carbocycles. The van der Waals surface area contributed by atoms with Crippen molar-refractivity contribution in [3.63, 3.8) is 0 Å². The number of ether oxygens (including phenoxy) is 2. The molecular weight excluding hydrogens is 623 g/mol. The first-order chi connectivity index (χ1) is 22.7. The van der Waals surface area contributed by atoms with E-state index in [2.05, 4.69) is 42.7 Å². The molecule has 3 atom stereocenters. The fourth-order valence-electron chi connectivity index (χ4n) is 4.71. The minimum absolute atomic E-state index is 0.170. The lowest BCUT2D eigenvalue weighted by Gasteiger charge is -2.20. The maximum absolute atomic E-state index is 12.5. The summed E-state index contributed by atoms with van der Waals surface area (Å²) in [6.45, 7) is 2.29. The normalized spacial score (nSPS) is 14.4. The topological polar surface area (TPSA) is 149 Å². The maximum Gasteiger partial charge on any atom is 0.472 e. The monoisotopic (exact) mass is 690 g/mol. The number of rotatable bonds is 34. The Balaban J connectivity index is 4.42. The number of allylic oxidation sites excluding steroid dienone is 4. The number of aliphatic hydroxyl groups is 2. The lowest BCUT2D eigenvalue weighted by molar-refractivity contribution is -0.161. The molecule has 47 heavy (non-hydrogen) atoms. The third-order valence-corrected chi connectivity index (χ3v) is 8.56. The van der Waals surface area contributed by atoms with Crippen LogP contribution in [0.15, 0.2) is 24.3 Å². The molecule has 0 saturated heterocycles. The summed E-state index contributed by atoms with van der Waals surface area (Å²) < 4.78 is 32.5. The number of unbranched alkanes of at least 4 members (excludes halogenated alkanes) is 16. The van der Waals surface area contributed by atoms with E-state index in [-0.39, 0.29) is 19.4 Å². The molecular formula is C36H67O10P. The number of carbonyl (C=O) groups excluding carboxylic acids is 2. The Morgan fingerprint density at radius 1 is 0.638 bits per heavy atom. The van der Waals surface area contributed by atoms with Gasteiger partial charge < -0.3 is 24.6 Å². The number of hydrogen-bond donors (Lipinski definition) is 3. The van der Waals surface area contributed by atoms with Crippen molar-refractivity contribution in [1.29, 1.82) is 0 Å². The van der Waals surface area contributed by atoms with Crippen molar-refractivity contribution >= 4 is 19.8 Å². The largest absolute Gasteiger partial charge is 0.472 e. The van der Waals surface area contributed by atoms with Crippen LogP contribution in [0.25, 0.3) is 0 Å². The van der Waals surface area contributed by atoms with E-state index in [1.54, 1.807) is 0 Å². The molecule has 0 aromatic carbocycles. The Morgan fingerprint density at radius 3 is 1.70 bits per heavy atom. The van der Waals surface area contributed by atoms with Crippen molar-refractivity contribution in [2.75, 3.05) is 26.4 Å². The van der Waals surface area contributed by atoms with Crippen LogP contribution in [0, 0.1) is 0 Å². The summed E-state index contributed by atoms with van der Waals surface area (Å²) in [5.74, 6) is -0.943. The van der Waals surface area contributed by atoms with Crippen molar-refractivity contribution < 1.29 is 47.8 Å². The van der Waals surface area contributed by atoms with E-state index in [4.69, 9.17) is 19.1 Å². The molecule has 0 radical (unpaired) electrons.